The van der Waals surface area contributed by atoms with Gasteiger partial charge < -0.3 is 5.73 Å². The monoisotopic (exact) mass is 443 g/mol. The van der Waals surface area contributed by atoms with Crippen molar-refractivity contribution in [2.24, 2.45) is 10.7 Å². The van der Waals surface area contributed by atoms with Crippen LogP contribution in [0.25, 0.3) is 11.1 Å². The van der Waals surface area contributed by atoms with Gasteiger partial charge in [0.25, 0.3) is 5.91 Å². The number of hydrogen-bond donors (Lipinski definition) is 1. The van der Waals surface area contributed by atoms with Crippen LogP contribution in [0, 0.1) is 12.7 Å². The summed E-state index contributed by atoms with van der Waals surface area (Å²) in [4.78, 5) is 26.1. The van der Waals surface area contributed by atoms with E-state index in [4.69, 9.17) is 5.73 Å². The van der Waals surface area contributed by atoms with E-state index in [-0.39, 0.29) is 17.1 Å². The molecule has 2 aromatic heterocycles. The van der Waals surface area contributed by atoms with Crippen molar-refractivity contribution in [3.8, 4) is 11.1 Å². The van der Waals surface area contributed by atoms with Gasteiger partial charge in [-0.05, 0) is 60.0 Å². The minimum Gasteiger partial charge on any atom is -0.369 e. The quantitative estimate of drug-likeness (QED) is 0.627. The molecule has 1 aliphatic rings. The third kappa shape index (κ3) is 3.37. The van der Waals surface area contributed by atoms with Crippen LogP contribution in [-0.2, 0) is 16.5 Å². The molecule has 1 amide bonds. The molecule has 0 saturated heterocycles. The number of carbonyl (C=O) groups is 1. The van der Waals surface area contributed by atoms with Crippen molar-refractivity contribution in [2.75, 3.05) is 7.05 Å². The fourth-order valence-corrected chi connectivity index (χ4v) is 3.74. The summed E-state index contributed by atoms with van der Waals surface area (Å²) in [7, 11) is 1.35. The Kier molecular flexibility index (Phi) is 4.95. The number of aromatic nitrogens is 2. The van der Waals surface area contributed by atoms with Gasteiger partial charge in [-0.25, -0.2) is 9.38 Å². The minimum atomic E-state index is -4.75. The Hall–Kier alpha value is -3.82. The highest BCUT2D eigenvalue weighted by atomic mass is 19.4. The van der Waals surface area contributed by atoms with E-state index in [0.717, 1.165) is 23.2 Å². The van der Waals surface area contributed by atoms with Gasteiger partial charge in [-0.2, -0.15) is 13.2 Å². The molecule has 1 aliphatic heterocycles. The van der Waals surface area contributed by atoms with E-state index in [0.29, 0.717) is 16.8 Å². The van der Waals surface area contributed by atoms with Gasteiger partial charge in [0.05, 0.1) is 0 Å². The number of halogens is 4. The number of likely N-dealkylation sites (N-methyl/N-ethyl adjacent to an activating group) is 1. The summed E-state index contributed by atoms with van der Waals surface area (Å²) >= 11 is 0. The molecule has 0 bridgehead atoms. The number of guanidine groups is 1. The lowest BCUT2D eigenvalue weighted by atomic mass is 9.81. The summed E-state index contributed by atoms with van der Waals surface area (Å²) in [6, 6.07) is 9.20. The lowest BCUT2D eigenvalue weighted by molar-refractivity contribution is -0.141. The zero-order valence-corrected chi connectivity index (χ0v) is 17.0. The zero-order chi connectivity index (χ0) is 23.3. The predicted molar refractivity (Wildman–Crippen MR) is 109 cm³/mol. The Balaban J connectivity index is 2.01. The van der Waals surface area contributed by atoms with Crippen LogP contribution < -0.4 is 5.73 Å². The second-order valence-electron chi connectivity index (χ2n) is 7.34. The van der Waals surface area contributed by atoms with Crippen LogP contribution in [-0.4, -0.2) is 33.8 Å². The van der Waals surface area contributed by atoms with Crippen LogP contribution in [0.4, 0.5) is 17.6 Å². The molecule has 0 radical (unpaired) electrons. The Morgan fingerprint density at radius 2 is 1.78 bits per heavy atom. The molecule has 0 saturated carbocycles. The van der Waals surface area contributed by atoms with Crippen molar-refractivity contribution < 1.29 is 22.4 Å². The van der Waals surface area contributed by atoms with Gasteiger partial charge in [0.15, 0.2) is 11.5 Å². The van der Waals surface area contributed by atoms with Crippen molar-refractivity contribution in [3.63, 3.8) is 0 Å². The second-order valence-corrected chi connectivity index (χ2v) is 7.34. The number of aliphatic imine (C=N–C) groups is 1. The Morgan fingerprint density at radius 1 is 1.03 bits per heavy atom. The van der Waals surface area contributed by atoms with Crippen molar-refractivity contribution in [3.05, 3.63) is 83.2 Å². The standard InChI is InChI=1S/C22H17F4N5O/c1-12-17(4-3-6-28-12)13-8-15(10-16(23)9-13)21(19(32)31(2)20(27)30-21)14-5-7-29-18(11-14)22(24,25)26/h3-11H,1-2H3,(H2,27,30). The predicted octanol–water partition coefficient (Wildman–Crippen LogP) is 3.64. The first-order valence-electron chi connectivity index (χ1n) is 9.44. The molecule has 3 heterocycles. The molecule has 1 aromatic carbocycles. The lowest BCUT2D eigenvalue weighted by Crippen LogP contribution is -2.41. The molecule has 0 fully saturated rings. The third-order valence-electron chi connectivity index (χ3n) is 5.34. The van der Waals surface area contributed by atoms with Crippen LogP contribution in [0.1, 0.15) is 22.5 Å². The summed E-state index contributed by atoms with van der Waals surface area (Å²) in [6.45, 7) is 1.73. The fourth-order valence-electron chi connectivity index (χ4n) is 3.74. The molecule has 4 rings (SSSR count). The molecule has 6 nitrogen and oxygen atoms in total. The molecule has 0 aliphatic carbocycles. The number of carbonyl (C=O) groups excluding carboxylic acids is 1. The van der Waals surface area contributed by atoms with Gasteiger partial charge in [-0.1, -0.05) is 6.07 Å². The van der Waals surface area contributed by atoms with E-state index in [1.54, 1.807) is 25.3 Å². The summed E-state index contributed by atoms with van der Waals surface area (Å²) in [6.07, 6.45) is -2.24. The summed E-state index contributed by atoms with van der Waals surface area (Å²) in [5.74, 6) is -1.61. The maximum Gasteiger partial charge on any atom is 0.433 e. The molecule has 164 valence electrons. The molecular formula is C22H17F4N5O. The first-order chi connectivity index (χ1) is 15.0. The Labute approximate surface area is 180 Å². The first kappa shape index (κ1) is 21.4. The lowest BCUT2D eigenvalue weighted by Gasteiger charge is -2.27. The van der Waals surface area contributed by atoms with Gasteiger partial charge in [0, 0.05) is 30.7 Å². The van der Waals surface area contributed by atoms with E-state index >= 15 is 0 Å². The van der Waals surface area contributed by atoms with Gasteiger partial charge in [-0.3, -0.25) is 19.7 Å². The number of rotatable bonds is 3. The fraction of sp³-hybridized carbons (Fsp3) is 0.182. The smallest absolute Gasteiger partial charge is 0.369 e. The van der Waals surface area contributed by atoms with Crippen LogP contribution in [0.2, 0.25) is 0 Å². The topological polar surface area (TPSA) is 84.5 Å². The molecule has 10 heteroatoms. The highest BCUT2D eigenvalue weighted by molar-refractivity contribution is 6.09. The first-order valence-corrected chi connectivity index (χ1v) is 9.44. The SMILES string of the molecule is Cc1ncccc1-c1cc(F)cc(C2(c3ccnc(C(F)(F)F)c3)N=C(N)N(C)C2=O)c1. The number of benzene rings is 1. The highest BCUT2D eigenvalue weighted by Crippen LogP contribution is 2.42. The maximum absolute atomic E-state index is 14.8. The normalized spacial score (nSPS) is 18.8. The van der Waals surface area contributed by atoms with Crippen LogP contribution in [0.15, 0.2) is 59.9 Å². The zero-order valence-electron chi connectivity index (χ0n) is 17.0. The molecule has 0 spiro atoms. The van der Waals surface area contributed by atoms with E-state index in [1.165, 1.54) is 25.2 Å². The number of amides is 1. The van der Waals surface area contributed by atoms with Crippen LogP contribution in [0.3, 0.4) is 0 Å². The maximum atomic E-state index is 14.8. The van der Waals surface area contributed by atoms with E-state index in [2.05, 4.69) is 15.0 Å². The minimum absolute atomic E-state index is 0.0346. The molecule has 1 unspecified atom stereocenters. The summed E-state index contributed by atoms with van der Waals surface area (Å²) < 4.78 is 54.8. The van der Waals surface area contributed by atoms with Crippen molar-refractivity contribution in [2.45, 2.75) is 18.6 Å². The van der Waals surface area contributed by atoms with Crippen molar-refractivity contribution >= 4 is 11.9 Å². The Bertz CT molecular complexity index is 1260. The van der Waals surface area contributed by atoms with E-state index in [1.807, 2.05) is 0 Å². The number of aryl methyl sites for hydroxylation is 1. The van der Waals surface area contributed by atoms with E-state index in [9.17, 15) is 22.4 Å². The number of nitrogens with zero attached hydrogens (tertiary/aromatic N) is 4. The molecule has 3 aromatic rings. The summed E-state index contributed by atoms with van der Waals surface area (Å²) in [5, 5.41) is 0. The van der Waals surface area contributed by atoms with Gasteiger partial charge in [0.1, 0.15) is 11.5 Å². The second kappa shape index (κ2) is 7.40. The third-order valence-corrected chi connectivity index (χ3v) is 5.34. The highest BCUT2D eigenvalue weighted by Gasteiger charge is 2.50. The Morgan fingerprint density at radius 3 is 2.41 bits per heavy atom. The summed E-state index contributed by atoms with van der Waals surface area (Å²) in [5.41, 5.74) is 4.17. The van der Waals surface area contributed by atoms with Gasteiger partial charge in [-0.15, -0.1) is 0 Å². The largest absolute Gasteiger partial charge is 0.433 e. The average Bonchev–Trinajstić information content (AvgIpc) is 2.98. The van der Waals surface area contributed by atoms with Crippen molar-refractivity contribution in [1.29, 1.82) is 0 Å². The van der Waals surface area contributed by atoms with Gasteiger partial charge in [0.2, 0.25) is 0 Å². The van der Waals surface area contributed by atoms with Crippen LogP contribution in [0.5, 0.6) is 0 Å². The molecule has 32 heavy (non-hydrogen) atoms. The number of nitrogens with two attached hydrogens (primary N) is 1. The molecule has 1 atom stereocenters. The average molecular weight is 443 g/mol. The number of pyridine rings is 2. The van der Waals surface area contributed by atoms with E-state index < -0.39 is 29.1 Å². The van der Waals surface area contributed by atoms with Crippen LogP contribution >= 0.6 is 0 Å². The number of alkyl halides is 3. The van der Waals surface area contributed by atoms with Crippen molar-refractivity contribution in [1.82, 2.24) is 14.9 Å². The molecular weight excluding hydrogens is 426 g/mol. The number of hydrogen-bond acceptors (Lipinski definition) is 5. The van der Waals surface area contributed by atoms with Gasteiger partial charge >= 0.3 is 6.18 Å². The molecule has 2 N–H and O–H groups in total.